The van der Waals surface area contributed by atoms with Crippen LogP contribution in [-0.4, -0.2) is 71.3 Å². The minimum atomic E-state index is -1.10. The molecular weight excluding hydrogens is 508 g/mol. The Morgan fingerprint density at radius 3 is 2.55 bits per heavy atom. The molecule has 38 heavy (non-hydrogen) atoms. The molecule has 1 aromatic carbocycles. The number of ether oxygens (including phenoxy) is 2. The summed E-state index contributed by atoms with van der Waals surface area (Å²) < 4.78 is 12.2. The van der Waals surface area contributed by atoms with E-state index < -0.39 is 35.0 Å². The van der Waals surface area contributed by atoms with Crippen molar-refractivity contribution in [3.05, 3.63) is 41.9 Å². The molecule has 3 aliphatic rings. The number of aliphatic hydroxyl groups is 1. The molecule has 0 radical (unpaired) electrons. The number of halogens is 1. The number of carbonyl (C=O) groups is 3. The number of hydrogen-bond donors (Lipinski definition) is 1. The molecule has 3 aliphatic heterocycles. The number of nitrogens with zero attached hydrogens (tertiary/aromatic N) is 2. The lowest BCUT2D eigenvalue weighted by Crippen LogP contribution is -2.56. The first-order chi connectivity index (χ1) is 18.3. The van der Waals surface area contributed by atoms with Crippen LogP contribution < -0.4 is 4.90 Å². The lowest BCUT2D eigenvalue weighted by Gasteiger charge is -2.37. The summed E-state index contributed by atoms with van der Waals surface area (Å²) in [4.78, 5) is 45.1. The maximum absolute atomic E-state index is 14.5. The van der Waals surface area contributed by atoms with Crippen LogP contribution in [-0.2, 0) is 23.9 Å². The standard InChI is InChI=1S/C29H39ClN2O6/c1-4-17-31(21-13-11-20(30)12-14-21)26(35)24-29-16-15-28(5-2,38-29)23(27(36)37-6-3)22(29)25(34)32(24)18-9-7-8-10-19-33/h4,11-14,22-24,33H,1,5-10,15-19H2,2-3H3/t22-,23-,24?,28+,29?/m0/s1. The zero-order valence-corrected chi connectivity index (χ0v) is 23.1. The molecule has 1 aromatic rings. The fourth-order valence-electron chi connectivity index (χ4n) is 6.80. The molecule has 0 saturated carbocycles. The molecule has 3 fully saturated rings. The van der Waals surface area contributed by atoms with E-state index in [1.807, 2.05) is 6.92 Å². The van der Waals surface area contributed by atoms with Crippen LogP contribution in [0.2, 0.25) is 5.02 Å². The topological polar surface area (TPSA) is 96.4 Å². The zero-order valence-electron chi connectivity index (χ0n) is 22.4. The third kappa shape index (κ3) is 4.75. The summed E-state index contributed by atoms with van der Waals surface area (Å²) in [5.41, 5.74) is -1.27. The van der Waals surface area contributed by atoms with Crippen LogP contribution >= 0.6 is 11.6 Å². The first kappa shape index (κ1) is 28.6. The van der Waals surface area contributed by atoms with Gasteiger partial charge in [0.05, 0.1) is 18.1 Å². The molecule has 4 rings (SSSR count). The first-order valence-corrected chi connectivity index (χ1v) is 14.1. The van der Waals surface area contributed by atoms with Crippen LogP contribution in [0.25, 0.3) is 0 Å². The van der Waals surface area contributed by atoms with Crippen LogP contribution in [0, 0.1) is 11.8 Å². The number of aliphatic hydroxyl groups excluding tert-OH is 1. The van der Waals surface area contributed by atoms with Crippen molar-refractivity contribution in [3.63, 3.8) is 0 Å². The lowest BCUT2D eigenvalue weighted by molar-refractivity contribution is -0.160. The Kier molecular flexibility index (Phi) is 8.85. The summed E-state index contributed by atoms with van der Waals surface area (Å²) in [7, 11) is 0. The molecule has 3 saturated heterocycles. The van der Waals surface area contributed by atoms with Crippen LogP contribution in [0.5, 0.6) is 0 Å². The van der Waals surface area contributed by atoms with Crippen molar-refractivity contribution in [1.29, 1.82) is 0 Å². The van der Waals surface area contributed by atoms with E-state index in [9.17, 15) is 14.4 Å². The van der Waals surface area contributed by atoms with Gasteiger partial charge in [-0.1, -0.05) is 37.4 Å². The predicted octanol–water partition coefficient (Wildman–Crippen LogP) is 4.13. The monoisotopic (exact) mass is 546 g/mol. The van der Waals surface area contributed by atoms with Gasteiger partial charge in [-0.25, -0.2) is 0 Å². The van der Waals surface area contributed by atoms with Crippen molar-refractivity contribution >= 4 is 35.1 Å². The quantitative estimate of drug-likeness (QED) is 0.227. The predicted molar refractivity (Wildman–Crippen MR) is 145 cm³/mol. The van der Waals surface area contributed by atoms with E-state index in [1.54, 1.807) is 47.1 Å². The third-order valence-electron chi connectivity index (χ3n) is 8.48. The highest BCUT2D eigenvalue weighted by Gasteiger charge is 2.79. The second-order valence-electron chi connectivity index (χ2n) is 10.5. The van der Waals surface area contributed by atoms with Gasteiger partial charge in [-0.3, -0.25) is 14.4 Å². The van der Waals surface area contributed by atoms with E-state index in [-0.39, 0.29) is 31.6 Å². The molecule has 2 unspecified atom stereocenters. The van der Waals surface area contributed by atoms with Crippen LogP contribution in [0.15, 0.2) is 36.9 Å². The molecule has 208 valence electrons. The van der Waals surface area contributed by atoms with Gasteiger partial charge >= 0.3 is 5.97 Å². The lowest BCUT2D eigenvalue weighted by atomic mass is 9.65. The average molecular weight is 547 g/mol. The van der Waals surface area contributed by atoms with Gasteiger partial charge in [0.2, 0.25) is 5.91 Å². The van der Waals surface area contributed by atoms with Gasteiger partial charge in [0.15, 0.2) is 0 Å². The largest absolute Gasteiger partial charge is 0.466 e. The second-order valence-corrected chi connectivity index (χ2v) is 10.9. The number of likely N-dealkylation sites (tertiary alicyclic amines) is 1. The van der Waals surface area contributed by atoms with Crippen molar-refractivity contribution in [2.75, 3.05) is 31.2 Å². The summed E-state index contributed by atoms with van der Waals surface area (Å²) >= 11 is 6.11. The number of unbranched alkanes of at least 4 members (excludes halogenated alkanes) is 3. The molecule has 0 aromatic heterocycles. The number of hydrogen-bond acceptors (Lipinski definition) is 6. The van der Waals surface area contributed by atoms with E-state index in [1.165, 1.54) is 0 Å². The van der Waals surface area contributed by atoms with Crippen LogP contribution in [0.1, 0.15) is 58.8 Å². The SMILES string of the molecule is C=CCN(C(=O)C1N(CCCCCCO)C(=O)[C@@H]2[C@@H](C(=O)OCC)[C@@]3(CC)CCC12O3)c1ccc(Cl)cc1. The highest BCUT2D eigenvalue weighted by atomic mass is 35.5. The molecule has 1 spiro atoms. The highest BCUT2D eigenvalue weighted by molar-refractivity contribution is 6.30. The van der Waals surface area contributed by atoms with Crippen molar-refractivity contribution < 1.29 is 29.0 Å². The molecule has 8 nitrogen and oxygen atoms in total. The fraction of sp³-hybridized carbons (Fsp3) is 0.621. The maximum Gasteiger partial charge on any atom is 0.312 e. The van der Waals surface area contributed by atoms with E-state index in [0.29, 0.717) is 49.4 Å². The van der Waals surface area contributed by atoms with Crippen molar-refractivity contribution in [1.82, 2.24) is 4.90 Å². The van der Waals surface area contributed by atoms with Crippen molar-refractivity contribution in [2.45, 2.75) is 76.0 Å². The summed E-state index contributed by atoms with van der Waals surface area (Å²) in [5, 5.41) is 9.69. The summed E-state index contributed by atoms with van der Waals surface area (Å²) in [6.07, 6.45) is 6.35. The normalized spacial score (nSPS) is 29.4. The van der Waals surface area contributed by atoms with Gasteiger partial charge in [0, 0.05) is 30.4 Å². The molecule has 1 N–H and O–H groups in total. The van der Waals surface area contributed by atoms with Gasteiger partial charge in [-0.05, 0) is 63.3 Å². The van der Waals surface area contributed by atoms with E-state index >= 15 is 0 Å². The molecule has 2 amide bonds. The molecular formula is C29H39ClN2O6. The van der Waals surface area contributed by atoms with Gasteiger partial charge in [0.1, 0.15) is 17.6 Å². The number of carbonyl (C=O) groups excluding carboxylic acids is 3. The fourth-order valence-corrected chi connectivity index (χ4v) is 6.92. The van der Waals surface area contributed by atoms with Gasteiger partial charge < -0.3 is 24.4 Å². The maximum atomic E-state index is 14.5. The van der Waals surface area contributed by atoms with Gasteiger partial charge in [-0.15, -0.1) is 6.58 Å². The molecule has 9 heteroatoms. The highest BCUT2D eigenvalue weighted by Crippen LogP contribution is 2.64. The smallest absolute Gasteiger partial charge is 0.312 e. The number of fused-ring (bicyclic) bond motifs is 1. The number of rotatable bonds is 13. The number of amides is 2. The van der Waals surface area contributed by atoms with Gasteiger partial charge in [0.25, 0.3) is 5.91 Å². The molecule has 0 aliphatic carbocycles. The second kappa shape index (κ2) is 11.8. The number of benzene rings is 1. The number of esters is 1. The Hall–Kier alpha value is -2.42. The molecule has 3 heterocycles. The minimum absolute atomic E-state index is 0.126. The van der Waals surface area contributed by atoms with E-state index in [2.05, 4.69) is 6.58 Å². The Bertz CT molecular complexity index is 1050. The Morgan fingerprint density at radius 2 is 1.92 bits per heavy atom. The Balaban J connectivity index is 1.75. The summed E-state index contributed by atoms with van der Waals surface area (Å²) in [5.74, 6) is -2.40. The van der Waals surface area contributed by atoms with Crippen molar-refractivity contribution in [3.8, 4) is 0 Å². The molecule has 5 atom stereocenters. The van der Waals surface area contributed by atoms with E-state index in [4.69, 9.17) is 26.2 Å². The Morgan fingerprint density at radius 1 is 1.21 bits per heavy atom. The molecule has 2 bridgehead atoms. The van der Waals surface area contributed by atoms with E-state index in [0.717, 1.165) is 12.8 Å². The first-order valence-electron chi connectivity index (χ1n) is 13.8. The van der Waals surface area contributed by atoms with Crippen LogP contribution in [0.3, 0.4) is 0 Å². The van der Waals surface area contributed by atoms with Gasteiger partial charge in [-0.2, -0.15) is 0 Å². The Labute approximate surface area is 229 Å². The third-order valence-corrected chi connectivity index (χ3v) is 8.73. The minimum Gasteiger partial charge on any atom is -0.466 e. The number of anilines is 1. The summed E-state index contributed by atoms with van der Waals surface area (Å²) in [6, 6.07) is 6.12. The summed E-state index contributed by atoms with van der Waals surface area (Å²) in [6.45, 7) is 8.52. The van der Waals surface area contributed by atoms with Crippen LogP contribution in [0.4, 0.5) is 5.69 Å². The average Bonchev–Trinajstić information content (AvgIpc) is 3.51. The van der Waals surface area contributed by atoms with Crippen molar-refractivity contribution in [2.24, 2.45) is 11.8 Å². The zero-order chi connectivity index (χ0) is 27.5.